The van der Waals surface area contributed by atoms with Crippen LogP contribution in [0.3, 0.4) is 0 Å². The molecule has 1 saturated carbocycles. The second-order valence-corrected chi connectivity index (χ2v) is 7.87. The summed E-state index contributed by atoms with van der Waals surface area (Å²) in [6.07, 6.45) is 4.18. The van der Waals surface area contributed by atoms with E-state index in [0.717, 1.165) is 42.0 Å². The molecule has 7 heteroatoms. The zero-order valence-corrected chi connectivity index (χ0v) is 15.8. The van der Waals surface area contributed by atoms with Crippen LogP contribution in [0.2, 0.25) is 0 Å². The third-order valence-electron chi connectivity index (χ3n) is 4.56. The molecule has 136 valence electrons. The summed E-state index contributed by atoms with van der Waals surface area (Å²) in [5.41, 5.74) is 7.67. The molecule has 3 aromatic rings. The van der Waals surface area contributed by atoms with Crippen LogP contribution in [0.4, 0.5) is 0 Å². The SMILES string of the molecule is CC(C)Oc1ccc(-c2nc(-c3nc(C4(N)CCCC4)no3)cs2)cc1. The average molecular weight is 370 g/mol. The molecule has 1 fully saturated rings. The topological polar surface area (TPSA) is 87.1 Å². The van der Waals surface area contributed by atoms with Gasteiger partial charge in [-0.15, -0.1) is 11.3 Å². The lowest BCUT2D eigenvalue weighted by molar-refractivity contribution is 0.242. The number of benzene rings is 1. The lowest BCUT2D eigenvalue weighted by Crippen LogP contribution is -2.34. The fourth-order valence-corrected chi connectivity index (χ4v) is 4.01. The Morgan fingerprint density at radius 1 is 1.15 bits per heavy atom. The van der Waals surface area contributed by atoms with Gasteiger partial charge in [0.15, 0.2) is 5.82 Å². The molecule has 2 heterocycles. The van der Waals surface area contributed by atoms with E-state index in [1.165, 1.54) is 0 Å². The highest BCUT2D eigenvalue weighted by Gasteiger charge is 2.36. The van der Waals surface area contributed by atoms with Gasteiger partial charge in [-0.1, -0.05) is 18.0 Å². The highest BCUT2D eigenvalue weighted by Crippen LogP contribution is 2.36. The van der Waals surface area contributed by atoms with Crippen LogP contribution in [0.5, 0.6) is 5.75 Å². The van der Waals surface area contributed by atoms with Crippen LogP contribution >= 0.6 is 11.3 Å². The molecular weight excluding hydrogens is 348 g/mol. The molecule has 0 radical (unpaired) electrons. The van der Waals surface area contributed by atoms with E-state index in [1.54, 1.807) is 11.3 Å². The van der Waals surface area contributed by atoms with Gasteiger partial charge in [-0.3, -0.25) is 0 Å². The Bertz CT molecular complexity index is 879. The van der Waals surface area contributed by atoms with Crippen molar-refractivity contribution in [2.45, 2.75) is 51.2 Å². The van der Waals surface area contributed by atoms with E-state index in [9.17, 15) is 0 Å². The molecule has 2 N–H and O–H groups in total. The van der Waals surface area contributed by atoms with E-state index in [1.807, 2.05) is 43.5 Å². The highest BCUT2D eigenvalue weighted by atomic mass is 32.1. The second-order valence-electron chi connectivity index (χ2n) is 7.02. The van der Waals surface area contributed by atoms with E-state index in [0.29, 0.717) is 17.4 Å². The quantitative estimate of drug-likeness (QED) is 0.717. The molecule has 0 amide bonds. The van der Waals surface area contributed by atoms with Gasteiger partial charge in [-0.2, -0.15) is 4.98 Å². The number of aromatic nitrogens is 3. The normalized spacial score (nSPS) is 16.3. The van der Waals surface area contributed by atoms with Crippen molar-refractivity contribution < 1.29 is 9.26 Å². The predicted octanol–water partition coefficient (Wildman–Crippen LogP) is 4.38. The van der Waals surface area contributed by atoms with Crippen molar-refractivity contribution >= 4 is 11.3 Å². The fraction of sp³-hybridized carbons (Fsp3) is 0.421. The Kier molecular flexibility index (Phi) is 4.50. The minimum absolute atomic E-state index is 0.157. The van der Waals surface area contributed by atoms with Gasteiger partial charge in [0.1, 0.15) is 16.5 Å². The largest absolute Gasteiger partial charge is 0.491 e. The van der Waals surface area contributed by atoms with Crippen molar-refractivity contribution in [3.63, 3.8) is 0 Å². The molecular formula is C19H22N4O2S. The fourth-order valence-electron chi connectivity index (χ4n) is 3.21. The number of rotatable bonds is 5. The van der Waals surface area contributed by atoms with Gasteiger partial charge in [-0.25, -0.2) is 4.98 Å². The van der Waals surface area contributed by atoms with Crippen LogP contribution in [0.1, 0.15) is 45.4 Å². The van der Waals surface area contributed by atoms with E-state index < -0.39 is 5.54 Å². The summed E-state index contributed by atoms with van der Waals surface area (Å²) in [4.78, 5) is 9.15. The van der Waals surface area contributed by atoms with Crippen molar-refractivity contribution in [1.82, 2.24) is 15.1 Å². The zero-order chi connectivity index (χ0) is 18.1. The first-order valence-electron chi connectivity index (χ1n) is 8.89. The van der Waals surface area contributed by atoms with Crippen LogP contribution in [-0.4, -0.2) is 21.2 Å². The maximum absolute atomic E-state index is 6.40. The Labute approximate surface area is 156 Å². The van der Waals surface area contributed by atoms with E-state index in [-0.39, 0.29) is 6.10 Å². The minimum Gasteiger partial charge on any atom is -0.491 e. The van der Waals surface area contributed by atoms with Crippen LogP contribution in [0, 0.1) is 0 Å². The second kappa shape index (κ2) is 6.81. The predicted molar refractivity (Wildman–Crippen MR) is 101 cm³/mol. The lowest BCUT2D eigenvalue weighted by atomic mass is 9.99. The summed E-state index contributed by atoms with van der Waals surface area (Å²) in [6, 6.07) is 7.93. The van der Waals surface area contributed by atoms with Gasteiger partial charge >= 0.3 is 0 Å². The van der Waals surface area contributed by atoms with Crippen molar-refractivity contribution in [2.24, 2.45) is 5.73 Å². The monoisotopic (exact) mass is 370 g/mol. The summed E-state index contributed by atoms with van der Waals surface area (Å²) in [5.74, 6) is 1.88. The Balaban J connectivity index is 1.54. The molecule has 1 aromatic carbocycles. The molecule has 1 aliphatic rings. The van der Waals surface area contributed by atoms with Crippen LogP contribution in [-0.2, 0) is 5.54 Å². The third kappa shape index (κ3) is 3.37. The van der Waals surface area contributed by atoms with E-state index in [4.69, 9.17) is 15.0 Å². The van der Waals surface area contributed by atoms with Crippen LogP contribution in [0.15, 0.2) is 34.2 Å². The first kappa shape index (κ1) is 17.2. The average Bonchev–Trinajstić information content (AvgIpc) is 3.35. The molecule has 0 aliphatic heterocycles. The lowest BCUT2D eigenvalue weighted by Gasteiger charge is -2.17. The van der Waals surface area contributed by atoms with Gasteiger partial charge in [0, 0.05) is 10.9 Å². The molecule has 0 unspecified atom stereocenters. The minimum atomic E-state index is -0.452. The number of nitrogens with two attached hydrogens (primary N) is 1. The maximum atomic E-state index is 6.40. The summed E-state index contributed by atoms with van der Waals surface area (Å²) in [7, 11) is 0. The zero-order valence-electron chi connectivity index (χ0n) is 14.9. The van der Waals surface area contributed by atoms with Crippen LogP contribution < -0.4 is 10.5 Å². The Morgan fingerprint density at radius 3 is 2.58 bits per heavy atom. The Hall–Kier alpha value is -2.25. The number of nitrogens with zero attached hydrogens (tertiary/aromatic N) is 3. The van der Waals surface area contributed by atoms with Gasteiger partial charge < -0.3 is 15.0 Å². The van der Waals surface area contributed by atoms with E-state index >= 15 is 0 Å². The molecule has 0 saturated heterocycles. The molecule has 0 bridgehead atoms. The number of hydrogen-bond acceptors (Lipinski definition) is 7. The van der Waals surface area contributed by atoms with Crippen molar-refractivity contribution in [2.75, 3.05) is 0 Å². The summed E-state index contributed by atoms with van der Waals surface area (Å²) >= 11 is 1.55. The maximum Gasteiger partial charge on any atom is 0.277 e. The van der Waals surface area contributed by atoms with Gasteiger partial charge in [-0.05, 0) is 51.0 Å². The Morgan fingerprint density at radius 2 is 1.88 bits per heavy atom. The first-order chi connectivity index (χ1) is 12.5. The molecule has 26 heavy (non-hydrogen) atoms. The van der Waals surface area contributed by atoms with Crippen molar-refractivity contribution in [3.05, 3.63) is 35.5 Å². The number of hydrogen-bond donors (Lipinski definition) is 1. The van der Waals surface area contributed by atoms with Gasteiger partial charge in [0.05, 0.1) is 11.6 Å². The molecule has 0 atom stereocenters. The summed E-state index contributed by atoms with van der Waals surface area (Å²) in [6.45, 7) is 4.02. The molecule has 2 aromatic heterocycles. The standard InChI is InChI=1S/C19H22N4O2S/c1-12(2)24-14-7-5-13(6-8-14)17-21-15(11-26-17)16-22-18(23-25-16)19(20)9-3-4-10-19/h5-8,11-12H,3-4,9-10,20H2,1-2H3. The van der Waals surface area contributed by atoms with Crippen molar-refractivity contribution in [1.29, 1.82) is 0 Å². The number of thiazole rings is 1. The van der Waals surface area contributed by atoms with E-state index in [2.05, 4.69) is 15.1 Å². The first-order valence-corrected chi connectivity index (χ1v) is 9.77. The molecule has 1 aliphatic carbocycles. The highest BCUT2D eigenvalue weighted by molar-refractivity contribution is 7.13. The van der Waals surface area contributed by atoms with Crippen molar-refractivity contribution in [3.8, 4) is 27.9 Å². The molecule has 6 nitrogen and oxygen atoms in total. The van der Waals surface area contributed by atoms with Gasteiger partial charge in [0.2, 0.25) is 0 Å². The van der Waals surface area contributed by atoms with Gasteiger partial charge in [0.25, 0.3) is 5.89 Å². The molecule has 4 rings (SSSR count). The van der Waals surface area contributed by atoms with Crippen LogP contribution in [0.25, 0.3) is 22.2 Å². The summed E-state index contributed by atoms with van der Waals surface area (Å²) < 4.78 is 11.1. The third-order valence-corrected chi connectivity index (χ3v) is 5.45. The smallest absolute Gasteiger partial charge is 0.277 e. The number of ether oxygens (including phenoxy) is 1. The molecule has 0 spiro atoms. The summed E-state index contributed by atoms with van der Waals surface area (Å²) in [5, 5.41) is 6.94.